The highest BCUT2D eigenvalue weighted by atomic mass is 79.9. The number of anilines is 2. The molecule has 5 nitrogen and oxygen atoms in total. The molecule has 0 aliphatic rings. The molecule has 1 amide bonds. The Bertz CT molecular complexity index is 741. The highest BCUT2D eigenvalue weighted by Gasteiger charge is 2.05. The molecular formula is C18H21BrN4O. The fourth-order valence-electron chi connectivity index (χ4n) is 2.09. The van der Waals surface area contributed by atoms with Gasteiger partial charge in [-0.25, -0.2) is 4.99 Å². The third-order valence-electron chi connectivity index (χ3n) is 3.50. The number of hydrogen-bond donors (Lipinski definition) is 3. The highest BCUT2D eigenvalue weighted by molar-refractivity contribution is 9.10. The third kappa shape index (κ3) is 5.38. The molecule has 2 aromatic rings. The molecule has 0 heterocycles. The van der Waals surface area contributed by atoms with E-state index in [2.05, 4.69) is 38.5 Å². The van der Waals surface area contributed by atoms with Crippen molar-refractivity contribution < 1.29 is 4.79 Å². The fraction of sp³-hybridized carbons (Fsp3) is 0.222. The Morgan fingerprint density at radius 3 is 2.54 bits per heavy atom. The van der Waals surface area contributed by atoms with Crippen LogP contribution in [0.1, 0.15) is 18.1 Å². The Kier molecular flexibility index (Phi) is 6.37. The first-order valence-electron chi connectivity index (χ1n) is 7.70. The van der Waals surface area contributed by atoms with Crippen molar-refractivity contribution in [2.75, 3.05) is 17.2 Å². The number of aryl methyl sites for hydroxylation is 2. The number of benzene rings is 2. The predicted octanol–water partition coefficient (Wildman–Crippen LogP) is 3.69. The monoisotopic (exact) mass is 388 g/mol. The van der Waals surface area contributed by atoms with E-state index >= 15 is 0 Å². The molecule has 0 bridgehead atoms. The molecule has 0 radical (unpaired) electrons. The maximum atomic E-state index is 12.0. The third-order valence-corrected chi connectivity index (χ3v) is 3.99. The van der Waals surface area contributed by atoms with Crippen LogP contribution in [0.4, 0.5) is 11.4 Å². The van der Waals surface area contributed by atoms with E-state index in [1.807, 2.05) is 49.4 Å². The molecule has 4 N–H and O–H groups in total. The van der Waals surface area contributed by atoms with Crippen molar-refractivity contribution >= 4 is 39.2 Å². The van der Waals surface area contributed by atoms with Crippen LogP contribution in [0.2, 0.25) is 0 Å². The topological polar surface area (TPSA) is 79.5 Å². The molecule has 126 valence electrons. The van der Waals surface area contributed by atoms with Crippen LogP contribution in [0.5, 0.6) is 0 Å². The minimum atomic E-state index is -0.220. The molecule has 0 saturated carbocycles. The van der Waals surface area contributed by atoms with Crippen LogP contribution in [0.3, 0.4) is 0 Å². The molecule has 0 aliphatic heterocycles. The van der Waals surface area contributed by atoms with Crippen molar-refractivity contribution in [3.8, 4) is 0 Å². The lowest BCUT2D eigenvalue weighted by Crippen LogP contribution is -2.25. The molecule has 0 aliphatic carbocycles. The molecular weight excluding hydrogens is 368 g/mol. The minimum Gasteiger partial charge on any atom is -0.370 e. The number of nitrogens with two attached hydrogens (primary N) is 1. The molecule has 2 rings (SSSR count). The summed E-state index contributed by atoms with van der Waals surface area (Å²) in [6.07, 6.45) is 0.985. The molecule has 6 heteroatoms. The number of rotatable bonds is 5. The van der Waals surface area contributed by atoms with E-state index in [-0.39, 0.29) is 18.4 Å². The standard InChI is InChI=1S/C18H21BrN4O/c1-3-13-5-8-15(9-6-13)22-18(20)21-11-17(24)23-16-10-14(19)7-4-12(16)2/h4-10H,3,11H2,1-2H3,(H,23,24)(H3,20,21,22). The number of nitrogens with one attached hydrogen (secondary N) is 2. The van der Waals surface area contributed by atoms with E-state index in [0.29, 0.717) is 0 Å². The van der Waals surface area contributed by atoms with Gasteiger partial charge in [-0.1, -0.05) is 41.1 Å². The quantitative estimate of drug-likeness (QED) is 0.539. The average Bonchev–Trinajstić information content (AvgIpc) is 2.57. The van der Waals surface area contributed by atoms with Gasteiger partial charge in [0.15, 0.2) is 5.96 Å². The predicted molar refractivity (Wildman–Crippen MR) is 103 cm³/mol. The van der Waals surface area contributed by atoms with Gasteiger partial charge >= 0.3 is 0 Å². The summed E-state index contributed by atoms with van der Waals surface area (Å²) >= 11 is 3.39. The van der Waals surface area contributed by atoms with Gasteiger partial charge in [0.2, 0.25) is 5.91 Å². The van der Waals surface area contributed by atoms with Gasteiger partial charge in [0, 0.05) is 15.8 Å². The first-order valence-corrected chi connectivity index (χ1v) is 8.49. The first-order chi connectivity index (χ1) is 11.5. The van der Waals surface area contributed by atoms with Crippen LogP contribution >= 0.6 is 15.9 Å². The minimum absolute atomic E-state index is 0.0438. The average molecular weight is 389 g/mol. The maximum absolute atomic E-state index is 12.0. The number of nitrogens with zero attached hydrogens (tertiary/aromatic N) is 1. The van der Waals surface area contributed by atoms with Gasteiger partial charge in [0.05, 0.1) is 0 Å². The second kappa shape index (κ2) is 8.49. The molecule has 0 fully saturated rings. The van der Waals surface area contributed by atoms with Gasteiger partial charge in [-0.2, -0.15) is 0 Å². The van der Waals surface area contributed by atoms with E-state index in [0.717, 1.165) is 27.8 Å². The van der Waals surface area contributed by atoms with Crippen molar-refractivity contribution in [2.45, 2.75) is 20.3 Å². The summed E-state index contributed by atoms with van der Waals surface area (Å²) in [5.74, 6) is -0.0114. The van der Waals surface area contributed by atoms with Crippen LogP contribution < -0.4 is 16.4 Å². The molecule has 0 aromatic heterocycles. The van der Waals surface area contributed by atoms with Gasteiger partial charge in [-0.3, -0.25) is 4.79 Å². The lowest BCUT2D eigenvalue weighted by molar-refractivity contribution is -0.114. The van der Waals surface area contributed by atoms with Gasteiger partial charge in [0.25, 0.3) is 0 Å². The Morgan fingerprint density at radius 1 is 1.17 bits per heavy atom. The largest absolute Gasteiger partial charge is 0.370 e. The summed E-state index contributed by atoms with van der Waals surface area (Å²) in [5, 5.41) is 5.80. The molecule has 2 aromatic carbocycles. The van der Waals surface area contributed by atoms with E-state index in [1.165, 1.54) is 5.56 Å². The van der Waals surface area contributed by atoms with E-state index in [9.17, 15) is 4.79 Å². The Labute approximate surface area is 150 Å². The lowest BCUT2D eigenvalue weighted by atomic mass is 10.1. The highest BCUT2D eigenvalue weighted by Crippen LogP contribution is 2.20. The van der Waals surface area contributed by atoms with Gasteiger partial charge < -0.3 is 16.4 Å². The lowest BCUT2D eigenvalue weighted by Gasteiger charge is -2.09. The SMILES string of the molecule is CCc1ccc(NC(N)=NCC(=O)Nc2cc(Br)ccc2C)cc1. The van der Waals surface area contributed by atoms with Crippen molar-refractivity contribution in [1.29, 1.82) is 0 Å². The van der Waals surface area contributed by atoms with E-state index in [4.69, 9.17) is 5.73 Å². The van der Waals surface area contributed by atoms with Gasteiger partial charge in [0.1, 0.15) is 6.54 Å². The van der Waals surface area contributed by atoms with Crippen LogP contribution in [-0.2, 0) is 11.2 Å². The zero-order valence-corrected chi connectivity index (χ0v) is 15.4. The first kappa shape index (κ1) is 18.0. The van der Waals surface area contributed by atoms with Crippen molar-refractivity contribution in [2.24, 2.45) is 10.7 Å². The zero-order chi connectivity index (χ0) is 17.5. The van der Waals surface area contributed by atoms with Crippen LogP contribution in [0.25, 0.3) is 0 Å². The zero-order valence-electron chi connectivity index (χ0n) is 13.8. The van der Waals surface area contributed by atoms with Crippen molar-refractivity contribution in [3.63, 3.8) is 0 Å². The summed E-state index contributed by atoms with van der Waals surface area (Å²) in [5.41, 5.74) is 9.66. The number of amides is 1. The summed E-state index contributed by atoms with van der Waals surface area (Å²) < 4.78 is 0.906. The number of guanidine groups is 1. The molecule has 0 saturated heterocycles. The second-order valence-corrected chi connectivity index (χ2v) is 6.30. The van der Waals surface area contributed by atoms with Crippen LogP contribution in [0.15, 0.2) is 51.9 Å². The Morgan fingerprint density at radius 2 is 1.88 bits per heavy atom. The maximum Gasteiger partial charge on any atom is 0.246 e. The fourth-order valence-corrected chi connectivity index (χ4v) is 2.45. The molecule has 0 unspecified atom stereocenters. The van der Waals surface area contributed by atoms with Crippen molar-refractivity contribution in [1.82, 2.24) is 0 Å². The van der Waals surface area contributed by atoms with E-state index in [1.54, 1.807) is 0 Å². The summed E-state index contributed by atoms with van der Waals surface area (Å²) in [6, 6.07) is 13.6. The van der Waals surface area contributed by atoms with E-state index < -0.39 is 0 Å². The molecule has 0 spiro atoms. The number of carbonyl (C=O) groups excluding carboxylic acids is 1. The number of hydrogen-bond acceptors (Lipinski definition) is 2. The molecule has 24 heavy (non-hydrogen) atoms. The molecule has 0 atom stereocenters. The summed E-state index contributed by atoms with van der Waals surface area (Å²) in [6.45, 7) is 3.99. The van der Waals surface area contributed by atoms with Crippen LogP contribution in [0, 0.1) is 6.92 Å². The van der Waals surface area contributed by atoms with Gasteiger partial charge in [-0.05, 0) is 48.7 Å². The van der Waals surface area contributed by atoms with Crippen LogP contribution in [-0.4, -0.2) is 18.4 Å². The Hall–Kier alpha value is -2.34. The van der Waals surface area contributed by atoms with Crippen molar-refractivity contribution in [3.05, 3.63) is 58.1 Å². The number of aliphatic imine (C=N–C) groups is 1. The normalized spacial score (nSPS) is 11.2. The number of carbonyl (C=O) groups is 1. The number of halogens is 1. The second-order valence-electron chi connectivity index (χ2n) is 5.38. The Balaban J connectivity index is 1.91. The van der Waals surface area contributed by atoms with Gasteiger partial charge in [-0.15, -0.1) is 0 Å². The summed E-state index contributed by atoms with van der Waals surface area (Å²) in [4.78, 5) is 16.1. The smallest absolute Gasteiger partial charge is 0.246 e. The summed E-state index contributed by atoms with van der Waals surface area (Å²) in [7, 11) is 0.